The number of halogens is 4. The highest BCUT2D eigenvalue weighted by molar-refractivity contribution is 7.91. The predicted molar refractivity (Wildman–Crippen MR) is 153 cm³/mol. The largest absolute Gasteiger partial charge is 0.435 e. The summed E-state index contributed by atoms with van der Waals surface area (Å²) in [7, 11) is -4.29. The number of nitrogens with zero attached hydrogens (tertiary/aromatic N) is 3. The minimum atomic E-state index is -4.29. The Morgan fingerprint density at radius 3 is 2.58 bits per heavy atom. The smallest absolute Gasteiger partial charge is 0.237 e. The van der Waals surface area contributed by atoms with E-state index in [9.17, 15) is 21.6 Å². The van der Waals surface area contributed by atoms with Crippen LogP contribution < -0.4 is 20.1 Å². The molecule has 2 aromatic carbocycles. The van der Waals surface area contributed by atoms with Crippen molar-refractivity contribution in [3.63, 3.8) is 0 Å². The van der Waals surface area contributed by atoms with Crippen molar-refractivity contribution in [2.24, 2.45) is 0 Å². The molecular formula is C29H28F4N6O3S. The van der Waals surface area contributed by atoms with Crippen LogP contribution in [0.2, 0.25) is 0 Å². The first kappa shape index (κ1) is 30.2. The number of benzene rings is 2. The van der Waals surface area contributed by atoms with Gasteiger partial charge in [-0.15, -0.1) is 0 Å². The van der Waals surface area contributed by atoms with Gasteiger partial charge in [0.2, 0.25) is 27.7 Å². The Kier molecular flexibility index (Phi) is 8.51. The number of rotatable bonds is 9. The van der Waals surface area contributed by atoms with E-state index < -0.39 is 50.3 Å². The number of hydrogen-bond acceptors (Lipinski definition) is 8. The van der Waals surface area contributed by atoms with Gasteiger partial charge in [-0.25, -0.2) is 36.5 Å². The molecule has 14 heteroatoms. The van der Waals surface area contributed by atoms with E-state index in [-0.39, 0.29) is 42.1 Å². The zero-order chi connectivity index (χ0) is 30.8. The molecule has 1 aliphatic rings. The Labute approximate surface area is 245 Å². The summed E-state index contributed by atoms with van der Waals surface area (Å²) in [6.45, 7) is 4.06. The van der Waals surface area contributed by atoms with Gasteiger partial charge < -0.3 is 15.4 Å². The van der Waals surface area contributed by atoms with Gasteiger partial charge in [-0.1, -0.05) is 29.8 Å². The van der Waals surface area contributed by atoms with Crippen LogP contribution in [0, 0.1) is 24.4 Å². The van der Waals surface area contributed by atoms with Crippen molar-refractivity contribution >= 4 is 21.7 Å². The number of aryl methyl sites for hydroxylation is 1. The van der Waals surface area contributed by atoms with Crippen LogP contribution in [0.4, 0.5) is 29.2 Å². The fourth-order valence-electron chi connectivity index (χ4n) is 4.64. The van der Waals surface area contributed by atoms with Crippen molar-refractivity contribution in [3.05, 3.63) is 89.5 Å². The first-order valence-corrected chi connectivity index (χ1v) is 14.9. The minimum Gasteiger partial charge on any atom is -0.435 e. The average Bonchev–Trinajstić information content (AvgIpc) is 2.95. The number of ether oxygens (including phenoxy) is 1. The number of nitrogens with one attached hydrogen (secondary N) is 3. The summed E-state index contributed by atoms with van der Waals surface area (Å²) in [5.41, 5.74) is -0.766. The number of piperidine rings is 1. The number of anilines is 2. The fraction of sp³-hybridized carbons (Fsp3) is 0.276. The average molecular weight is 617 g/mol. The number of sulfonamides is 1. The monoisotopic (exact) mass is 616 g/mol. The van der Waals surface area contributed by atoms with Crippen LogP contribution in [-0.2, 0) is 15.8 Å². The highest BCUT2D eigenvalue weighted by Crippen LogP contribution is 2.36. The maximum absolute atomic E-state index is 15.1. The summed E-state index contributed by atoms with van der Waals surface area (Å²) in [5, 5.41) is 6.09. The van der Waals surface area contributed by atoms with Crippen LogP contribution in [0.15, 0.2) is 60.9 Å². The van der Waals surface area contributed by atoms with Gasteiger partial charge in [-0.05, 0) is 37.6 Å². The molecule has 226 valence electrons. The zero-order valence-corrected chi connectivity index (χ0v) is 24.0. The van der Waals surface area contributed by atoms with E-state index in [1.54, 1.807) is 41.1 Å². The Morgan fingerprint density at radius 2 is 1.84 bits per heavy atom. The molecule has 0 spiro atoms. The summed E-state index contributed by atoms with van der Waals surface area (Å²) >= 11 is 0. The van der Waals surface area contributed by atoms with E-state index in [0.29, 0.717) is 18.2 Å². The van der Waals surface area contributed by atoms with Crippen molar-refractivity contribution in [2.75, 3.05) is 23.1 Å². The molecule has 1 saturated heterocycles. The lowest BCUT2D eigenvalue weighted by atomic mass is 9.95. The van der Waals surface area contributed by atoms with Crippen LogP contribution in [-0.4, -0.2) is 48.2 Å². The highest BCUT2D eigenvalue weighted by atomic mass is 32.2. The highest BCUT2D eigenvalue weighted by Gasteiger charge is 2.32. The molecule has 2 aromatic heterocycles. The van der Waals surface area contributed by atoms with Crippen molar-refractivity contribution in [2.45, 2.75) is 37.7 Å². The molecule has 5 rings (SSSR count). The van der Waals surface area contributed by atoms with Gasteiger partial charge in [0, 0.05) is 44.0 Å². The predicted octanol–water partition coefficient (Wildman–Crippen LogP) is 5.50. The number of aromatic nitrogens is 3. The van der Waals surface area contributed by atoms with Crippen molar-refractivity contribution in [1.29, 1.82) is 0 Å². The normalized spacial score (nSPS) is 18.7. The van der Waals surface area contributed by atoms with Crippen LogP contribution in [0.3, 0.4) is 0 Å². The second kappa shape index (κ2) is 12.1. The standard InChI is InChI=1S/C29H28F4N6O3S/c1-17-5-7-18(8-6-17)15-43(40,41)39-26-21(30)12-23(24(31)25(26)32)42-27-20(4-3-10-35-27)22-9-11-36-28(38-22)37-19-13-29(2,33)16-34-14-19/h3-12,19,34,39H,13-16H2,1-2H3,(H,36,37,38)/t19?,29-/m0/s1. The molecule has 2 atom stereocenters. The van der Waals surface area contributed by atoms with Gasteiger partial charge in [0.05, 0.1) is 17.0 Å². The Morgan fingerprint density at radius 1 is 1.07 bits per heavy atom. The van der Waals surface area contributed by atoms with Crippen LogP contribution in [0.1, 0.15) is 24.5 Å². The second-order valence-corrected chi connectivity index (χ2v) is 12.2. The van der Waals surface area contributed by atoms with Gasteiger partial charge in [0.25, 0.3) is 0 Å². The second-order valence-electron chi connectivity index (χ2n) is 10.5. The van der Waals surface area contributed by atoms with E-state index in [0.717, 1.165) is 5.56 Å². The summed E-state index contributed by atoms with van der Waals surface area (Å²) in [5.74, 6) is -6.28. The molecule has 9 nitrogen and oxygen atoms in total. The molecule has 0 radical (unpaired) electrons. The van der Waals surface area contributed by atoms with Crippen molar-refractivity contribution in [3.8, 4) is 22.9 Å². The third-order valence-electron chi connectivity index (χ3n) is 6.66. The summed E-state index contributed by atoms with van der Waals surface area (Å²) in [6, 6.07) is 11.4. The molecule has 0 amide bonds. The molecule has 0 bridgehead atoms. The molecule has 0 saturated carbocycles. The molecule has 1 fully saturated rings. The minimum absolute atomic E-state index is 0.197. The van der Waals surface area contributed by atoms with Crippen LogP contribution >= 0.6 is 0 Å². The molecule has 3 heterocycles. The molecule has 43 heavy (non-hydrogen) atoms. The zero-order valence-electron chi connectivity index (χ0n) is 23.2. The molecule has 3 N–H and O–H groups in total. The Bertz CT molecular complexity index is 1740. The maximum Gasteiger partial charge on any atom is 0.237 e. The third-order valence-corrected chi connectivity index (χ3v) is 7.89. The van der Waals surface area contributed by atoms with Gasteiger partial charge in [-0.3, -0.25) is 4.72 Å². The number of pyridine rings is 1. The quantitative estimate of drug-likeness (QED) is 0.167. The van der Waals surface area contributed by atoms with Gasteiger partial charge in [0.1, 0.15) is 11.4 Å². The van der Waals surface area contributed by atoms with Gasteiger partial charge >= 0.3 is 0 Å². The number of alkyl halides is 1. The van der Waals surface area contributed by atoms with E-state index in [4.69, 9.17) is 4.74 Å². The Hall–Kier alpha value is -4.30. The molecular weight excluding hydrogens is 588 g/mol. The lowest BCUT2D eigenvalue weighted by Crippen LogP contribution is -2.50. The molecule has 1 aliphatic heterocycles. The van der Waals surface area contributed by atoms with Gasteiger partial charge in [0.15, 0.2) is 17.4 Å². The van der Waals surface area contributed by atoms with Crippen LogP contribution in [0.25, 0.3) is 11.3 Å². The van der Waals surface area contributed by atoms with Crippen molar-refractivity contribution < 1.29 is 30.7 Å². The van der Waals surface area contributed by atoms with E-state index in [1.165, 1.54) is 25.4 Å². The first-order valence-electron chi connectivity index (χ1n) is 13.3. The molecule has 4 aromatic rings. The van der Waals surface area contributed by atoms with Gasteiger partial charge in [-0.2, -0.15) is 4.39 Å². The lowest BCUT2D eigenvalue weighted by Gasteiger charge is -2.33. The first-order chi connectivity index (χ1) is 20.4. The Balaban J connectivity index is 1.37. The fourth-order valence-corrected chi connectivity index (χ4v) is 5.84. The third kappa shape index (κ3) is 7.38. The summed E-state index contributed by atoms with van der Waals surface area (Å²) in [4.78, 5) is 12.7. The van der Waals surface area contributed by atoms with E-state index in [1.807, 2.05) is 6.92 Å². The molecule has 0 aliphatic carbocycles. The van der Waals surface area contributed by atoms with Crippen molar-refractivity contribution in [1.82, 2.24) is 20.3 Å². The van der Waals surface area contributed by atoms with Crippen LogP contribution in [0.5, 0.6) is 11.6 Å². The lowest BCUT2D eigenvalue weighted by molar-refractivity contribution is 0.137. The molecule has 1 unspecified atom stereocenters. The summed E-state index contributed by atoms with van der Waals surface area (Å²) in [6.07, 6.45) is 3.01. The maximum atomic E-state index is 15.1. The topological polar surface area (TPSA) is 118 Å². The van der Waals surface area contributed by atoms with E-state index in [2.05, 4.69) is 25.6 Å². The van der Waals surface area contributed by atoms with E-state index >= 15 is 4.39 Å². The number of hydrogen-bond donors (Lipinski definition) is 3. The SMILES string of the molecule is Cc1ccc(CS(=O)(=O)Nc2c(F)cc(Oc3ncccc3-c3ccnc(NC4CNC[C@@](C)(F)C4)n3)c(F)c2F)cc1. The summed E-state index contributed by atoms with van der Waals surface area (Å²) < 4.78 is 91.9.